The van der Waals surface area contributed by atoms with Crippen molar-refractivity contribution >= 4 is 0 Å². The van der Waals surface area contributed by atoms with Gasteiger partial charge in [0.25, 0.3) is 0 Å². The molecule has 0 saturated carbocycles. The van der Waals surface area contributed by atoms with Crippen molar-refractivity contribution in [2.45, 2.75) is 26.3 Å². The summed E-state index contributed by atoms with van der Waals surface area (Å²) in [5, 5.41) is 3.71. The number of halogens is 2. The van der Waals surface area contributed by atoms with E-state index in [2.05, 4.69) is 10.1 Å². The first kappa shape index (κ1) is 13.6. The molecule has 0 aliphatic rings. The number of aromatic nitrogens is 2. The topological polar surface area (TPSA) is 64.9 Å². The Balaban J connectivity index is 2.21. The van der Waals surface area contributed by atoms with E-state index in [4.69, 9.17) is 10.3 Å². The molecule has 0 fully saturated rings. The Labute approximate surface area is 109 Å². The molecule has 0 amide bonds. The standard InChI is InChI=1S/C13H15F2N3O/c1-7(2)11(16)6-12-17-13(18-19-12)8-3-9(14)5-10(15)4-8/h3-5,7,11H,6,16H2,1-2H3. The molecule has 0 radical (unpaired) electrons. The SMILES string of the molecule is CC(C)C(N)Cc1nc(-c2cc(F)cc(F)c2)no1. The number of hydrogen-bond acceptors (Lipinski definition) is 4. The summed E-state index contributed by atoms with van der Waals surface area (Å²) in [5.74, 6) is -0.562. The van der Waals surface area contributed by atoms with Crippen molar-refractivity contribution in [3.63, 3.8) is 0 Å². The van der Waals surface area contributed by atoms with Crippen LogP contribution < -0.4 is 5.73 Å². The van der Waals surface area contributed by atoms with Crippen molar-refractivity contribution in [2.24, 2.45) is 11.7 Å². The summed E-state index contributed by atoms with van der Waals surface area (Å²) < 4.78 is 31.2. The van der Waals surface area contributed by atoms with E-state index in [0.29, 0.717) is 12.3 Å². The molecule has 4 nitrogen and oxygen atoms in total. The summed E-state index contributed by atoms with van der Waals surface area (Å²) >= 11 is 0. The Morgan fingerprint density at radius 2 is 1.84 bits per heavy atom. The lowest BCUT2D eigenvalue weighted by Gasteiger charge is -2.11. The molecular formula is C13H15F2N3O. The Bertz CT molecular complexity index is 549. The second-order valence-corrected chi connectivity index (χ2v) is 4.78. The summed E-state index contributed by atoms with van der Waals surface area (Å²) in [6.45, 7) is 3.98. The fraction of sp³-hybridized carbons (Fsp3) is 0.385. The van der Waals surface area contributed by atoms with Crippen LogP contribution >= 0.6 is 0 Å². The van der Waals surface area contributed by atoms with Gasteiger partial charge in [0.15, 0.2) is 0 Å². The van der Waals surface area contributed by atoms with Gasteiger partial charge in [-0.05, 0) is 18.1 Å². The average Bonchev–Trinajstić information content (AvgIpc) is 2.76. The van der Waals surface area contributed by atoms with Crippen molar-refractivity contribution in [2.75, 3.05) is 0 Å². The minimum absolute atomic E-state index is 0.0995. The first-order chi connectivity index (χ1) is 8.95. The van der Waals surface area contributed by atoms with Gasteiger partial charge in [-0.2, -0.15) is 4.98 Å². The van der Waals surface area contributed by atoms with E-state index < -0.39 is 11.6 Å². The molecule has 0 saturated heterocycles. The molecule has 0 aliphatic carbocycles. The van der Waals surface area contributed by atoms with Gasteiger partial charge in [0.2, 0.25) is 11.7 Å². The van der Waals surface area contributed by atoms with E-state index in [-0.39, 0.29) is 23.3 Å². The van der Waals surface area contributed by atoms with Crippen molar-refractivity contribution in [3.8, 4) is 11.4 Å². The van der Waals surface area contributed by atoms with E-state index in [0.717, 1.165) is 18.2 Å². The fourth-order valence-electron chi connectivity index (χ4n) is 1.58. The lowest BCUT2D eigenvalue weighted by Crippen LogP contribution is -2.28. The molecule has 0 spiro atoms. The monoisotopic (exact) mass is 267 g/mol. The highest BCUT2D eigenvalue weighted by Gasteiger charge is 2.15. The van der Waals surface area contributed by atoms with Gasteiger partial charge in [-0.15, -0.1) is 0 Å². The van der Waals surface area contributed by atoms with Crippen molar-refractivity contribution in [3.05, 3.63) is 35.7 Å². The normalized spacial score (nSPS) is 12.9. The first-order valence-corrected chi connectivity index (χ1v) is 6.00. The molecule has 102 valence electrons. The number of benzene rings is 1. The van der Waals surface area contributed by atoms with Gasteiger partial charge in [-0.25, -0.2) is 8.78 Å². The highest BCUT2D eigenvalue weighted by Crippen LogP contribution is 2.19. The fourth-order valence-corrected chi connectivity index (χ4v) is 1.58. The van der Waals surface area contributed by atoms with Crippen LogP contribution in [0.4, 0.5) is 8.78 Å². The first-order valence-electron chi connectivity index (χ1n) is 6.00. The van der Waals surface area contributed by atoms with E-state index in [9.17, 15) is 8.78 Å². The van der Waals surface area contributed by atoms with Gasteiger partial charge in [-0.1, -0.05) is 19.0 Å². The largest absolute Gasteiger partial charge is 0.339 e. The molecule has 1 aromatic heterocycles. The maximum atomic E-state index is 13.1. The lowest BCUT2D eigenvalue weighted by molar-refractivity contribution is 0.353. The van der Waals surface area contributed by atoms with E-state index in [1.807, 2.05) is 13.8 Å². The number of hydrogen-bond donors (Lipinski definition) is 1. The Morgan fingerprint density at radius 3 is 2.42 bits per heavy atom. The molecule has 2 N–H and O–H groups in total. The lowest BCUT2D eigenvalue weighted by atomic mass is 10.0. The zero-order valence-corrected chi connectivity index (χ0v) is 10.7. The summed E-state index contributed by atoms with van der Waals surface area (Å²) in [6, 6.07) is 3.00. The number of nitrogens with two attached hydrogens (primary N) is 1. The van der Waals surface area contributed by atoms with Crippen LogP contribution in [0.3, 0.4) is 0 Å². The van der Waals surface area contributed by atoms with Crippen LogP contribution in [-0.4, -0.2) is 16.2 Å². The minimum atomic E-state index is -0.680. The third-order valence-corrected chi connectivity index (χ3v) is 2.86. The third kappa shape index (κ3) is 3.35. The van der Waals surface area contributed by atoms with Crippen LogP contribution in [0.15, 0.2) is 22.7 Å². The molecule has 1 aromatic carbocycles. The van der Waals surface area contributed by atoms with E-state index in [1.54, 1.807) is 0 Å². The van der Waals surface area contributed by atoms with E-state index in [1.165, 1.54) is 0 Å². The van der Waals surface area contributed by atoms with Gasteiger partial charge in [0.1, 0.15) is 11.6 Å². The van der Waals surface area contributed by atoms with Gasteiger partial charge in [-0.3, -0.25) is 0 Å². The van der Waals surface area contributed by atoms with Crippen LogP contribution in [-0.2, 0) is 6.42 Å². The Morgan fingerprint density at radius 1 is 1.21 bits per heavy atom. The predicted molar refractivity (Wildman–Crippen MR) is 66.2 cm³/mol. The predicted octanol–water partition coefficient (Wildman–Crippen LogP) is 2.54. The molecule has 1 atom stereocenters. The van der Waals surface area contributed by atoms with Crippen LogP contribution in [0.25, 0.3) is 11.4 Å². The Kier molecular flexibility index (Phi) is 3.90. The van der Waals surface area contributed by atoms with E-state index >= 15 is 0 Å². The average molecular weight is 267 g/mol. The van der Waals surface area contributed by atoms with Crippen molar-refractivity contribution < 1.29 is 13.3 Å². The molecule has 6 heteroatoms. The molecule has 1 unspecified atom stereocenters. The molecule has 2 aromatic rings. The van der Waals surface area contributed by atoms with Gasteiger partial charge in [0.05, 0.1) is 0 Å². The quantitative estimate of drug-likeness (QED) is 0.924. The highest BCUT2D eigenvalue weighted by atomic mass is 19.1. The molecule has 0 aliphatic heterocycles. The summed E-state index contributed by atoms with van der Waals surface area (Å²) in [4.78, 5) is 4.09. The molecule has 2 rings (SSSR count). The Hall–Kier alpha value is -1.82. The van der Waals surface area contributed by atoms with Gasteiger partial charge < -0.3 is 10.3 Å². The second-order valence-electron chi connectivity index (χ2n) is 4.78. The summed E-state index contributed by atoms with van der Waals surface area (Å²) in [6.07, 6.45) is 0.433. The molecule has 1 heterocycles. The van der Waals surface area contributed by atoms with Gasteiger partial charge >= 0.3 is 0 Å². The molecule has 0 bridgehead atoms. The highest BCUT2D eigenvalue weighted by molar-refractivity contribution is 5.54. The zero-order chi connectivity index (χ0) is 14.0. The molecule has 19 heavy (non-hydrogen) atoms. The maximum Gasteiger partial charge on any atom is 0.228 e. The van der Waals surface area contributed by atoms with Crippen LogP contribution in [0.1, 0.15) is 19.7 Å². The van der Waals surface area contributed by atoms with Crippen LogP contribution in [0.2, 0.25) is 0 Å². The van der Waals surface area contributed by atoms with Crippen LogP contribution in [0.5, 0.6) is 0 Å². The van der Waals surface area contributed by atoms with Crippen molar-refractivity contribution in [1.29, 1.82) is 0 Å². The van der Waals surface area contributed by atoms with Gasteiger partial charge in [0, 0.05) is 24.1 Å². The van der Waals surface area contributed by atoms with Crippen LogP contribution in [0, 0.1) is 17.6 Å². The molecular weight excluding hydrogens is 252 g/mol. The number of rotatable bonds is 4. The minimum Gasteiger partial charge on any atom is -0.339 e. The second kappa shape index (κ2) is 5.44. The number of nitrogens with zero attached hydrogens (tertiary/aromatic N) is 2. The summed E-state index contributed by atoms with van der Waals surface area (Å²) in [5.41, 5.74) is 6.14. The zero-order valence-electron chi connectivity index (χ0n) is 10.7. The van der Waals surface area contributed by atoms with Crippen molar-refractivity contribution in [1.82, 2.24) is 10.1 Å². The smallest absolute Gasteiger partial charge is 0.228 e. The third-order valence-electron chi connectivity index (χ3n) is 2.86. The summed E-state index contributed by atoms with van der Waals surface area (Å²) in [7, 11) is 0. The maximum absolute atomic E-state index is 13.1.